The lowest BCUT2D eigenvalue weighted by molar-refractivity contribution is 0.0703. The van der Waals surface area contributed by atoms with Crippen molar-refractivity contribution in [2.75, 3.05) is 17.3 Å². The number of ether oxygens (including phenoxy) is 1. The Bertz CT molecular complexity index is 997. The van der Waals surface area contributed by atoms with E-state index in [9.17, 15) is 14.7 Å². The Morgan fingerprint density at radius 1 is 1.32 bits per heavy atom. The van der Waals surface area contributed by atoms with Gasteiger partial charge in [0.2, 0.25) is 0 Å². The summed E-state index contributed by atoms with van der Waals surface area (Å²) in [4.78, 5) is 30.5. The van der Waals surface area contributed by atoms with Crippen LogP contribution in [0.1, 0.15) is 15.2 Å². The molecular formula is C17H13N3O4S. The number of aromatic carboxylic acids is 1. The summed E-state index contributed by atoms with van der Waals surface area (Å²) < 4.78 is 5.14. The predicted octanol–water partition coefficient (Wildman–Crippen LogP) is 3.56. The number of carbonyl (C=O) groups excluding carboxylic acids is 1. The van der Waals surface area contributed by atoms with Crippen molar-refractivity contribution in [3.8, 4) is 5.75 Å². The van der Waals surface area contributed by atoms with E-state index in [0.717, 1.165) is 22.6 Å². The molecule has 8 heteroatoms. The maximum absolute atomic E-state index is 12.6. The van der Waals surface area contributed by atoms with Crippen molar-refractivity contribution in [3.63, 3.8) is 0 Å². The molecule has 0 spiro atoms. The van der Waals surface area contributed by atoms with Crippen LogP contribution in [0.15, 0.2) is 36.5 Å². The van der Waals surface area contributed by atoms with Gasteiger partial charge in [-0.1, -0.05) is 12.1 Å². The SMILES string of the molecule is COc1ccc(CN2C(=O)Nc3c(C(=O)O)sc4nccc2c34)cc1. The Hall–Kier alpha value is -3.13. The van der Waals surface area contributed by atoms with Gasteiger partial charge in [-0.05, 0) is 23.8 Å². The average Bonchev–Trinajstić information content (AvgIpc) is 2.99. The third kappa shape index (κ3) is 2.47. The van der Waals surface area contributed by atoms with Gasteiger partial charge in [-0.15, -0.1) is 11.3 Å². The van der Waals surface area contributed by atoms with E-state index in [1.165, 1.54) is 0 Å². The van der Waals surface area contributed by atoms with E-state index in [0.29, 0.717) is 28.1 Å². The van der Waals surface area contributed by atoms with Gasteiger partial charge in [0.25, 0.3) is 0 Å². The van der Waals surface area contributed by atoms with Crippen LogP contribution in [0.4, 0.5) is 16.2 Å². The summed E-state index contributed by atoms with van der Waals surface area (Å²) in [5.74, 6) is -0.336. The molecule has 3 heterocycles. The number of carboxylic acids is 1. The van der Waals surface area contributed by atoms with Crippen LogP contribution in [0.3, 0.4) is 0 Å². The van der Waals surface area contributed by atoms with Crippen LogP contribution in [0.5, 0.6) is 5.75 Å². The normalized spacial score (nSPS) is 13.0. The largest absolute Gasteiger partial charge is 0.497 e. The molecule has 1 aliphatic heterocycles. The maximum atomic E-state index is 12.6. The molecule has 2 N–H and O–H groups in total. The Morgan fingerprint density at radius 2 is 2.08 bits per heavy atom. The summed E-state index contributed by atoms with van der Waals surface area (Å²) in [7, 11) is 1.60. The van der Waals surface area contributed by atoms with E-state index >= 15 is 0 Å². The zero-order valence-electron chi connectivity index (χ0n) is 13.1. The fraction of sp³-hybridized carbons (Fsp3) is 0.118. The number of carbonyl (C=O) groups is 2. The molecule has 126 valence electrons. The van der Waals surface area contributed by atoms with Crippen molar-refractivity contribution in [2.24, 2.45) is 0 Å². The van der Waals surface area contributed by atoms with Crippen LogP contribution in [0.2, 0.25) is 0 Å². The third-order valence-electron chi connectivity index (χ3n) is 4.03. The lowest BCUT2D eigenvalue weighted by Crippen LogP contribution is -2.37. The van der Waals surface area contributed by atoms with Gasteiger partial charge in [0.1, 0.15) is 15.5 Å². The van der Waals surface area contributed by atoms with Crippen molar-refractivity contribution in [1.29, 1.82) is 0 Å². The number of methoxy groups -OCH3 is 1. The number of rotatable bonds is 4. The molecule has 3 aromatic rings. The van der Waals surface area contributed by atoms with E-state index < -0.39 is 5.97 Å². The number of benzene rings is 1. The molecular weight excluding hydrogens is 342 g/mol. The highest BCUT2D eigenvalue weighted by atomic mass is 32.1. The fourth-order valence-corrected chi connectivity index (χ4v) is 3.81. The van der Waals surface area contributed by atoms with Gasteiger partial charge in [-0.2, -0.15) is 0 Å². The van der Waals surface area contributed by atoms with Gasteiger partial charge < -0.3 is 15.2 Å². The number of pyridine rings is 1. The molecule has 0 radical (unpaired) electrons. The number of nitrogens with one attached hydrogen (secondary N) is 1. The van der Waals surface area contributed by atoms with Crippen LogP contribution in [0.25, 0.3) is 10.2 Å². The van der Waals surface area contributed by atoms with Crippen molar-refractivity contribution >= 4 is 44.9 Å². The van der Waals surface area contributed by atoms with Gasteiger partial charge in [0.15, 0.2) is 0 Å². The Labute approximate surface area is 146 Å². The van der Waals surface area contributed by atoms with E-state index in [1.54, 1.807) is 24.3 Å². The molecule has 0 saturated heterocycles. The summed E-state index contributed by atoms with van der Waals surface area (Å²) >= 11 is 1.06. The maximum Gasteiger partial charge on any atom is 0.348 e. The van der Waals surface area contributed by atoms with Gasteiger partial charge in [0.05, 0.1) is 30.4 Å². The first kappa shape index (κ1) is 15.4. The number of urea groups is 1. The van der Waals surface area contributed by atoms with Crippen LogP contribution >= 0.6 is 11.3 Å². The first-order chi connectivity index (χ1) is 12.1. The minimum absolute atomic E-state index is 0.0902. The quantitative estimate of drug-likeness (QED) is 0.747. The van der Waals surface area contributed by atoms with E-state index in [2.05, 4.69) is 10.3 Å². The second-order valence-electron chi connectivity index (χ2n) is 5.49. The molecule has 2 aromatic heterocycles. The molecule has 2 amide bonds. The predicted molar refractivity (Wildman–Crippen MR) is 94.8 cm³/mol. The number of anilines is 2. The Kier molecular flexibility index (Phi) is 3.54. The van der Waals surface area contributed by atoms with Crippen molar-refractivity contribution in [1.82, 2.24) is 4.98 Å². The highest BCUT2D eigenvalue weighted by Crippen LogP contribution is 2.43. The summed E-state index contributed by atoms with van der Waals surface area (Å²) in [6, 6.07) is 8.80. The van der Waals surface area contributed by atoms with Gasteiger partial charge >= 0.3 is 12.0 Å². The van der Waals surface area contributed by atoms with E-state index in [1.807, 2.05) is 24.3 Å². The number of nitrogens with zero attached hydrogens (tertiary/aromatic N) is 2. The first-order valence-corrected chi connectivity index (χ1v) is 8.26. The highest BCUT2D eigenvalue weighted by molar-refractivity contribution is 7.21. The fourth-order valence-electron chi connectivity index (χ4n) is 2.86. The lowest BCUT2D eigenvalue weighted by Gasteiger charge is -2.28. The number of hydrogen-bond acceptors (Lipinski definition) is 5. The van der Waals surface area contributed by atoms with E-state index in [-0.39, 0.29) is 10.9 Å². The summed E-state index contributed by atoms with van der Waals surface area (Å²) in [6.07, 6.45) is 1.59. The topological polar surface area (TPSA) is 91.8 Å². The van der Waals surface area contributed by atoms with Crippen molar-refractivity contribution in [3.05, 3.63) is 47.0 Å². The summed E-state index contributed by atoms with van der Waals surface area (Å²) in [6.45, 7) is 0.354. The lowest BCUT2D eigenvalue weighted by atomic mass is 10.1. The smallest absolute Gasteiger partial charge is 0.348 e. The number of aromatic nitrogens is 1. The van der Waals surface area contributed by atoms with Crippen molar-refractivity contribution in [2.45, 2.75) is 6.54 Å². The monoisotopic (exact) mass is 355 g/mol. The Morgan fingerprint density at radius 3 is 2.76 bits per heavy atom. The average molecular weight is 355 g/mol. The van der Waals surface area contributed by atoms with Crippen LogP contribution in [-0.2, 0) is 6.54 Å². The van der Waals surface area contributed by atoms with Crippen LogP contribution < -0.4 is 15.0 Å². The molecule has 0 saturated carbocycles. The second-order valence-corrected chi connectivity index (χ2v) is 6.49. The van der Waals surface area contributed by atoms with Gasteiger partial charge in [0, 0.05) is 6.20 Å². The van der Waals surface area contributed by atoms with Gasteiger partial charge in [-0.25, -0.2) is 14.6 Å². The summed E-state index contributed by atoms with van der Waals surface area (Å²) in [5, 5.41) is 12.7. The standard InChI is InChI=1S/C17H13N3O4S/c1-24-10-4-2-9(3-5-10)8-20-11-6-7-18-15-12(11)13(19-17(20)23)14(25-15)16(21)22/h2-7H,8H2,1H3,(H,19,23)(H,21,22). The first-order valence-electron chi connectivity index (χ1n) is 7.44. The highest BCUT2D eigenvalue weighted by Gasteiger charge is 2.31. The number of carboxylic acid groups (broad SMARTS) is 1. The van der Waals surface area contributed by atoms with E-state index in [4.69, 9.17) is 4.74 Å². The molecule has 0 fully saturated rings. The van der Waals surface area contributed by atoms with Crippen molar-refractivity contribution < 1.29 is 19.4 Å². The molecule has 0 bridgehead atoms. The van der Waals surface area contributed by atoms with Crippen LogP contribution in [-0.4, -0.2) is 29.2 Å². The minimum Gasteiger partial charge on any atom is -0.497 e. The third-order valence-corrected chi connectivity index (χ3v) is 5.12. The molecule has 25 heavy (non-hydrogen) atoms. The molecule has 0 unspecified atom stereocenters. The second kappa shape index (κ2) is 5.75. The summed E-state index contributed by atoms with van der Waals surface area (Å²) in [5.41, 5.74) is 1.91. The molecule has 1 aromatic carbocycles. The number of hydrogen-bond donors (Lipinski definition) is 2. The van der Waals surface area contributed by atoms with Crippen LogP contribution in [0, 0.1) is 0 Å². The molecule has 0 aliphatic carbocycles. The molecule has 1 aliphatic rings. The molecule has 0 atom stereocenters. The van der Waals surface area contributed by atoms with Gasteiger partial charge in [-0.3, -0.25) is 4.90 Å². The molecule has 4 rings (SSSR count). The Balaban J connectivity index is 1.79. The number of thiophene rings is 1. The number of amides is 2. The molecule has 7 nitrogen and oxygen atoms in total. The zero-order valence-corrected chi connectivity index (χ0v) is 14.0. The zero-order chi connectivity index (χ0) is 17.6. The minimum atomic E-state index is -1.08.